The first kappa shape index (κ1) is 33.4. The number of fused-ring (bicyclic) bond motifs is 1. The maximum Gasteiger partial charge on any atom is 0.445 e. The molecule has 0 radical (unpaired) electrons. The van der Waals surface area contributed by atoms with Crippen molar-refractivity contribution in [3.05, 3.63) is 64.5 Å². The molecule has 0 saturated carbocycles. The van der Waals surface area contributed by atoms with Crippen molar-refractivity contribution in [2.75, 3.05) is 24.6 Å². The number of carbonyl (C=O) groups excluding carboxylic acids is 4. The van der Waals surface area contributed by atoms with Gasteiger partial charge in [0.15, 0.2) is 10.6 Å². The fourth-order valence-corrected chi connectivity index (χ4v) is 8.31. The van der Waals surface area contributed by atoms with Crippen LogP contribution in [-0.4, -0.2) is 103 Å². The van der Waals surface area contributed by atoms with Crippen molar-refractivity contribution in [2.45, 2.75) is 34.3 Å². The summed E-state index contributed by atoms with van der Waals surface area (Å²) in [6.07, 6.45) is -3.04. The number of ether oxygens (including phenoxy) is 1. The number of hydrogen-bond acceptors (Lipinski definition) is 13. The Balaban J connectivity index is 1.15. The van der Waals surface area contributed by atoms with Gasteiger partial charge in [0.2, 0.25) is 10.9 Å². The quantitative estimate of drug-likeness (QED) is 0.166. The molecule has 1 aromatic heterocycles. The minimum atomic E-state index is -4.66. The van der Waals surface area contributed by atoms with E-state index in [0.717, 1.165) is 16.7 Å². The van der Waals surface area contributed by atoms with Crippen molar-refractivity contribution in [2.24, 2.45) is 4.99 Å². The molecule has 2 aromatic rings. The highest BCUT2D eigenvalue weighted by atomic mass is 32.2. The molecular weight excluding hydrogens is 702 g/mol. The van der Waals surface area contributed by atoms with Crippen LogP contribution in [0.3, 0.4) is 0 Å². The molecule has 4 atom stereocenters. The summed E-state index contributed by atoms with van der Waals surface area (Å²) in [5.41, 5.74) is 0.389. The van der Waals surface area contributed by atoms with Crippen molar-refractivity contribution in [1.82, 2.24) is 35.9 Å². The summed E-state index contributed by atoms with van der Waals surface area (Å²) in [5, 5.41) is 23.0. The van der Waals surface area contributed by atoms with Crippen LogP contribution >= 0.6 is 34.9 Å². The smallest absolute Gasteiger partial charge is 0.445 e. The number of rotatable bonds is 9. The van der Waals surface area contributed by atoms with Gasteiger partial charge in [0.1, 0.15) is 28.9 Å². The van der Waals surface area contributed by atoms with Gasteiger partial charge in [-0.1, -0.05) is 53.4 Å². The second kappa shape index (κ2) is 13.6. The van der Waals surface area contributed by atoms with E-state index in [4.69, 9.17) is 4.74 Å². The van der Waals surface area contributed by atoms with Crippen molar-refractivity contribution in [1.29, 1.82) is 0 Å². The van der Waals surface area contributed by atoms with Crippen LogP contribution in [-0.2, 0) is 30.1 Å². The van der Waals surface area contributed by atoms with E-state index in [1.807, 2.05) is 0 Å². The topological polar surface area (TPSA) is 196 Å². The highest BCUT2D eigenvalue weighted by molar-refractivity contribution is 8.01. The summed E-state index contributed by atoms with van der Waals surface area (Å²) in [7, 11) is 0. The highest BCUT2D eigenvalue weighted by Gasteiger charge is 2.54. The number of benzene rings is 1. The Morgan fingerprint density at radius 2 is 1.98 bits per heavy atom. The molecule has 4 aliphatic rings. The number of halogens is 3. The molecule has 0 aliphatic carbocycles. The van der Waals surface area contributed by atoms with Gasteiger partial charge in [0.25, 0.3) is 5.91 Å². The number of hydrogen-bond donors (Lipinski definition) is 4. The Bertz CT molecular complexity index is 1750. The predicted octanol–water partition coefficient (Wildman–Crippen LogP) is 1.54. The Kier molecular flexibility index (Phi) is 9.45. The molecular formula is C27H23F3N8O7S3. The number of urea groups is 1. The third-order valence-corrected chi connectivity index (χ3v) is 10.9. The number of aromatic nitrogens is 2. The van der Waals surface area contributed by atoms with Gasteiger partial charge in [-0.3, -0.25) is 24.7 Å². The van der Waals surface area contributed by atoms with E-state index in [9.17, 15) is 42.3 Å². The number of carboxylic acids is 1. The normalized spacial score (nSPS) is 23.6. The van der Waals surface area contributed by atoms with E-state index >= 15 is 0 Å². The van der Waals surface area contributed by atoms with Crippen LogP contribution in [0.4, 0.5) is 18.0 Å². The number of aliphatic carboxylic acids is 1. The zero-order valence-corrected chi connectivity index (χ0v) is 26.6. The number of nitrogens with zero attached hydrogens (tertiary/aromatic N) is 5. The van der Waals surface area contributed by atoms with Gasteiger partial charge in [-0.2, -0.15) is 13.2 Å². The van der Waals surface area contributed by atoms with Gasteiger partial charge in [-0.05, 0) is 11.1 Å². The number of nitrogens with one attached hydrogen (secondary N) is 3. The third-order valence-electron chi connectivity index (χ3n) is 7.34. The molecule has 4 N–H and O–H groups in total. The number of esters is 1. The summed E-state index contributed by atoms with van der Waals surface area (Å²) < 4.78 is 43.4. The maximum absolute atomic E-state index is 13.7. The Labute approximate surface area is 281 Å². The summed E-state index contributed by atoms with van der Waals surface area (Å²) in [6, 6.07) is 5.18. The van der Waals surface area contributed by atoms with Gasteiger partial charge in [0, 0.05) is 30.7 Å². The van der Waals surface area contributed by atoms with Crippen LogP contribution in [0.25, 0.3) is 0 Å². The van der Waals surface area contributed by atoms with Crippen LogP contribution in [0.2, 0.25) is 0 Å². The summed E-state index contributed by atoms with van der Waals surface area (Å²) in [6.45, 7) is 0.563. The van der Waals surface area contributed by atoms with Crippen molar-refractivity contribution >= 4 is 70.4 Å². The Morgan fingerprint density at radius 3 is 2.65 bits per heavy atom. The average molecular weight is 725 g/mol. The van der Waals surface area contributed by atoms with Crippen molar-refractivity contribution < 1.29 is 47.0 Å². The van der Waals surface area contributed by atoms with E-state index in [2.05, 4.69) is 31.1 Å². The molecule has 15 nitrogen and oxygen atoms in total. The van der Waals surface area contributed by atoms with Crippen LogP contribution in [0.5, 0.6) is 0 Å². The molecule has 0 spiro atoms. The van der Waals surface area contributed by atoms with E-state index in [0.29, 0.717) is 29.0 Å². The van der Waals surface area contributed by atoms with E-state index < -0.39 is 64.7 Å². The largest absolute Gasteiger partial charge is 0.477 e. The molecule has 21 heteroatoms. The molecule has 6 rings (SSSR count). The minimum Gasteiger partial charge on any atom is -0.477 e. The van der Waals surface area contributed by atoms with Crippen molar-refractivity contribution in [3.63, 3.8) is 0 Å². The number of aliphatic imine (C=N–C) groups is 1. The van der Waals surface area contributed by atoms with Crippen molar-refractivity contribution in [3.8, 4) is 0 Å². The molecule has 0 bridgehead atoms. The van der Waals surface area contributed by atoms with Crippen LogP contribution in [0.1, 0.15) is 16.6 Å². The first-order valence-electron chi connectivity index (χ1n) is 14.0. The first-order chi connectivity index (χ1) is 22.9. The summed E-state index contributed by atoms with van der Waals surface area (Å²) in [4.78, 5) is 71.0. The molecule has 252 valence electrons. The monoisotopic (exact) mass is 724 g/mol. The lowest BCUT2D eigenvalue weighted by Crippen LogP contribution is -2.71. The van der Waals surface area contributed by atoms with Gasteiger partial charge >= 0.3 is 24.1 Å². The van der Waals surface area contributed by atoms with E-state index in [1.165, 1.54) is 29.0 Å². The molecule has 1 aromatic carbocycles. The molecule has 4 amide bonds. The standard InChI is InChI=1S/C27H23F3N8O7S3/c28-27(29,30)23-35-36-26(48-23)47-11-13-10-46-20-16(19(40)38(20)17(13)21(41)42)33-18(39)15(12-4-2-1-3-5-12)34-25(44)37-8-7-31-24(37)32-14-6-9-45-22(14)43/h1-6,9,15-16,20,24,31H,7-8,10-11H2,(H,33,39)(H,34,44)(H,41,42)/t15-,16?,20-,24?/m1/s1. The zero-order valence-electron chi connectivity index (χ0n) is 24.2. The second-order valence-electron chi connectivity index (χ2n) is 10.3. The number of carboxylic acid groups (broad SMARTS) is 1. The fourth-order valence-electron chi connectivity index (χ4n) is 5.11. The Morgan fingerprint density at radius 1 is 1.21 bits per heavy atom. The summed E-state index contributed by atoms with van der Waals surface area (Å²) in [5.74, 6) is -3.45. The lowest BCUT2D eigenvalue weighted by atomic mass is 10.0. The van der Waals surface area contributed by atoms with Gasteiger partial charge in [-0.15, -0.1) is 22.0 Å². The fraction of sp³-hybridized carbons (Fsp3) is 0.333. The molecule has 4 aliphatic heterocycles. The van der Waals surface area contributed by atoms with Crippen LogP contribution < -0.4 is 16.0 Å². The van der Waals surface area contributed by atoms with Crippen LogP contribution in [0.15, 0.2) is 63.3 Å². The molecule has 5 heterocycles. The number of alkyl halides is 3. The maximum atomic E-state index is 13.7. The lowest BCUT2D eigenvalue weighted by Gasteiger charge is -2.49. The first-order valence-corrected chi connectivity index (χ1v) is 16.8. The predicted molar refractivity (Wildman–Crippen MR) is 164 cm³/mol. The number of thioether (sulfide) groups is 2. The molecule has 2 unspecified atom stereocenters. The van der Waals surface area contributed by atoms with E-state index in [1.54, 1.807) is 30.3 Å². The number of cyclic esters (lactones) is 1. The Hall–Kier alpha value is -4.47. The number of carbonyl (C=O) groups is 5. The second-order valence-corrected chi connectivity index (χ2v) is 13.7. The lowest BCUT2D eigenvalue weighted by molar-refractivity contribution is -0.151. The van der Waals surface area contributed by atoms with Gasteiger partial charge < -0.3 is 20.5 Å². The van der Waals surface area contributed by atoms with Gasteiger partial charge in [0.05, 0.1) is 6.26 Å². The minimum absolute atomic E-state index is 0.00917. The molecule has 2 saturated heterocycles. The molecule has 48 heavy (non-hydrogen) atoms. The van der Waals surface area contributed by atoms with Crippen LogP contribution in [0, 0.1) is 0 Å². The zero-order chi connectivity index (χ0) is 34.2. The number of β-lactam (4-membered cyclic amide) rings is 1. The van der Waals surface area contributed by atoms with E-state index in [-0.39, 0.29) is 33.8 Å². The average Bonchev–Trinajstić information content (AvgIpc) is 3.83. The SMILES string of the molecule is O=C(O)C1=C(CSc2nnc(C(F)(F)F)s2)CS[C@@H]2C(NC(=O)[C@H](NC(=O)N3CCNC3N=C3C=COC3=O)c3ccccc3)C(=O)N12. The third kappa shape index (κ3) is 6.75. The number of amides is 4. The highest BCUT2D eigenvalue weighted by Crippen LogP contribution is 2.42. The van der Waals surface area contributed by atoms with Gasteiger partial charge in [-0.25, -0.2) is 19.4 Å². The molecule has 2 fully saturated rings. The summed E-state index contributed by atoms with van der Waals surface area (Å²) >= 11 is 2.38.